The van der Waals surface area contributed by atoms with Gasteiger partial charge < -0.3 is 14.2 Å². The zero-order chi connectivity index (χ0) is 25.2. The molecule has 0 fully saturated rings. The summed E-state index contributed by atoms with van der Waals surface area (Å²) in [5.74, 6) is 0.477. The lowest BCUT2D eigenvalue weighted by Crippen LogP contribution is -2.35. The lowest BCUT2D eigenvalue weighted by Gasteiger charge is -2.20. The highest BCUT2D eigenvalue weighted by Gasteiger charge is 2.38. The molecule has 1 amide bonds. The molecule has 0 aliphatic carbocycles. The van der Waals surface area contributed by atoms with Gasteiger partial charge in [0.15, 0.2) is 17.3 Å². The lowest BCUT2D eigenvalue weighted by atomic mass is 10.1. The minimum atomic E-state index is -3.60. The normalized spacial score (nSPS) is 16.7. The Morgan fingerprint density at radius 3 is 2.51 bits per heavy atom. The van der Waals surface area contributed by atoms with E-state index in [1.54, 1.807) is 30.3 Å². The molecular formula is C22H19ClN4O6S2. The number of benzene rings is 2. The molecule has 2 heterocycles. The number of rotatable bonds is 7. The molecule has 0 saturated heterocycles. The number of halogens is 1. The number of ether oxygens (including phenoxy) is 3. The molecule has 4 rings (SSSR count). The number of carbonyl (C=O) groups is 1. The number of methoxy groups -OCH3 is 1. The summed E-state index contributed by atoms with van der Waals surface area (Å²) in [7, 11) is -2.12. The zero-order valence-electron chi connectivity index (χ0n) is 18.5. The fourth-order valence-corrected chi connectivity index (χ4v) is 4.92. The number of hydrogen-bond donors (Lipinski definition) is 1. The highest BCUT2D eigenvalue weighted by molar-refractivity contribution is 8.42. The second-order valence-corrected chi connectivity index (χ2v) is 10.7. The van der Waals surface area contributed by atoms with Crippen LogP contribution in [0.2, 0.25) is 5.02 Å². The van der Waals surface area contributed by atoms with Gasteiger partial charge in [-0.05, 0) is 47.7 Å². The third kappa shape index (κ3) is 5.50. The summed E-state index contributed by atoms with van der Waals surface area (Å²) in [4.78, 5) is 16.4. The van der Waals surface area contributed by atoms with E-state index >= 15 is 0 Å². The number of amides is 1. The summed E-state index contributed by atoms with van der Waals surface area (Å²) in [5.41, 5.74) is 0.504. The molecule has 0 atom stereocenters. The number of sulfone groups is 1. The summed E-state index contributed by atoms with van der Waals surface area (Å²) in [6.07, 6.45) is 2.45. The number of aliphatic imine (C=N–C) groups is 1. The third-order valence-electron chi connectivity index (χ3n) is 4.69. The van der Waals surface area contributed by atoms with E-state index in [0.29, 0.717) is 27.8 Å². The van der Waals surface area contributed by atoms with Gasteiger partial charge in [0.05, 0.1) is 17.7 Å². The molecule has 35 heavy (non-hydrogen) atoms. The third-order valence-corrected chi connectivity index (χ3v) is 7.58. The first-order valence-electron chi connectivity index (χ1n) is 10.1. The maximum absolute atomic E-state index is 12.5. The molecule has 13 heteroatoms. The van der Waals surface area contributed by atoms with Crippen molar-refractivity contribution in [2.24, 2.45) is 10.1 Å². The first kappa shape index (κ1) is 24.8. The molecule has 0 bridgehead atoms. The van der Waals surface area contributed by atoms with Gasteiger partial charge in [-0.1, -0.05) is 29.8 Å². The highest BCUT2D eigenvalue weighted by Crippen LogP contribution is 2.32. The van der Waals surface area contributed by atoms with Crippen LogP contribution in [0, 0.1) is 5.41 Å². The van der Waals surface area contributed by atoms with Crippen LogP contribution in [0.1, 0.15) is 5.56 Å². The van der Waals surface area contributed by atoms with Crippen molar-refractivity contribution in [2.75, 3.05) is 26.6 Å². The van der Waals surface area contributed by atoms with Crippen molar-refractivity contribution in [1.82, 2.24) is 5.01 Å². The SMILES string of the molecule is COc1cc(/C=C2/C(=N)N3N=C(S(C)(=O)=O)SC3=NC2=O)ccc1OCCOc1ccccc1Cl. The van der Waals surface area contributed by atoms with Gasteiger partial charge in [0.25, 0.3) is 5.91 Å². The molecule has 2 aromatic carbocycles. The Bertz CT molecular complexity index is 1400. The van der Waals surface area contributed by atoms with Crippen LogP contribution >= 0.6 is 23.4 Å². The van der Waals surface area contributed by atoms with Gasteiger partial charge in [0.2, 0.25) is 19.4 Å². The molecule has 182 valence electrons. The number of hydrazone groups is 1. The summed E-state index contributed by atoms with van der Waals surface area (Å²) in [6, 6.07) is 12.1. The Morgan fingerprint density at radius 1 is 1.11 bits per heavy atom. The van der Waals surface area contributed by atoms with E-state index in [2.05, 4.69) is 10.1 Å². The smallest absolute Gasteiger partial charge is 0.283 e. The van der Waals surface area contributed by atoms with Crippen molar-refractivity contribution < 1.29 is 27.4 Å². The zero-order valence-corrected chi connectivity index (χ0v) is 20.9. The van der Waals surface area contributed by atoms with Gasteiger partial charge in [-0.25, -0.2) is 8.42 Å². The van der Waals surface area contributed by atoms with Gasteiger partial charge >= 0.3 is 0 Å². The molecule has 0 unspecified atom stereocenters. The van der Waals surface area contributed by atoms with Crippen molar-refractivity contribution in [3.05, 3.63) is 58.6 Å². The molecule has 2 aliphatic heterocycles. The number of fused-ring (bicyclic) bond motifs is 1. The molecule has 1 N–H and O–H groups in total. The minimum Gasteiger partial charge on any atom is -0.493 e. The number of thioether (sulfide) groups is 1. The predicted molar refractivity (Wildman–Crippen MR) is 135 cm³/mol. The minimum absolute atomic E-state index is 0.0258. The first-order valence-corrected chi connectivity index (χ1v) is 13.1. The van der Waals surface area contributed by atoms with E-state index in [-0.39, 0.29) is 34.2 Å². The fraction of sp³-hybridized carbons (Fsp3) is 0.182. The highest BCUT2D eigenvalue weighted by atomic mass is 35.5. The molecule has 0 radical (unpaired) electrons. The van der Waals surface area contributed by atoms with Crippen LogP contribution in [0.25, 0.3) is 6.08 Å². The number of hydrogen-bond acceptors (Lipinski definition) is 9. The van der Waals surface area contributed by atoms with Crippen LogP contribution in [0.3, 0.4) is 0 Å². The topological polar surface area (TPSA) is 131 Å². The average Bonchev–Trinajstić information content (AvgIpc) is 3.26. The number of nitrogens with one attached hydrogen (secondary N) is 1. The van der Waals surface area contributed by atoms with Gasteiger partial charge in [0.1, 0.15) is 19.0 Å². The van der Waals surface area contributed by atoms with E-state index in [4.69, 9.17) is 31.2 Å². The Hall–Kier alpha value is -3.35. The fourth-order valence-electron chi connectivity index (χ4n) is 3.05. The van der Waals surface area contributed by atoms with Crippen molar-refractivity contribution in [3.8, 4) is 17.2 Å². The molecule has 10 nitrogen and oxygen atoms in total. The van der Waals surface area contributed by atoms with E-state index in [1.807, 2.05) is 12.1 Å². The molecule has 2 aliphatic rings. The van der Waals surface area contributed by atoms with Crippen LogP contribution in [0.15, 0.2) is 58.1 Å². The van der Waals surface area contributed by atoms with Crippen molar-refractivity contribution in [3.63, 3.8) is 0 Å². The van der Waals surface area contributed by atoms with E-state index < -0.39 is 15.7 Å². The summed E-state index contributed by atoms with van der Waals surface area (Å²) in [6.45, 7) is 0.491. The molecular weight excluding hydrogens is 516 g/mol. The second-order valence-electron chi connectivity index (χ2n) is 7.20. The average molecular weight is 535 g/mol. The maximum Gasteiger partial charge on any atom is 0.283 e. The molecule has 0 aromatic heterocycles. The quantitative estimate of drug-likeness (QED) is 0.422. The summed E-state index contributed by atoms with van der Waals surface area (Å²) < 4.78 is 40.1. The monoisotopic (exact) mass is 534 g/mol. The Balaban J connectivity index is 1.47. The van der Waals surface area contributed by atoms with E-state index in [9.17, 15) is 13.2 Å². The Morgan fingerprint density at radius 2 is 1.83 bits per heavy atom. The van der Waals surface area contributed by atoms with Crippen LogP contribution in [0.4, 0.5) is 0 Å². The van der Waals surface area contributed by atoms with Crippen LogP contribution in [0.5, 0.6) is 17.2 Å². The second kappa shape index (κ2) is 10.1. The van der Waals surface area contributed by atoms with Crippen LogP contribution < -0.4 is 14.2 Å². The van der Waals surface area contributed by atoms with Gasteiger partial charge in [-0.15, -0.1) is 5.10 Å². The van der Waals surface area contributed by atoms with E-state index in [1.165, 1.54) is 13.2 Å². The van der Waals surface area contributed by atoms with Gasteiger partial charge in [-0.2, -0.15) is 10.0 Å². The predicted octanol–water partition coefficient (Wildman–Crippen LogP) is 3.43. The van der Waals surface area contributed by atoms with Crippen molar-refractivity contribution in [2.45, 2.75) is 0 Å². The summed E-state index contributed by atoms with van der Waals surface area (Å²) >= 11 is 6.80. The number of amidine groups is 2. The Kier molecular flexibility index (Phi) is 7.15. The number of nitrogens with zero attached hydrogens (tertiary/aromatic N) is 3. The molecule has 0 spiro atoms. The standard InChI is InChI=1S/C22H19ClN4O6S2/c1-31-18-12-13(7-8-17(18)33-10-9-32-16-6-4-3-5-15(16)23)11-14-19(24)27-21(25-20(14)28)34-22(26-27)35(2,29)30/h3-8,11-12,24H,9-10H2,1-2H3/b14-11-,24-19?. The molecule has 0 saturated carbocycles. The Labute approximate surface area is 210 Å². The van der Waals surface area contributed by atoms with Crippen molar-refractivity contribution in [1.29, 1.82) is 5.41 Å². The lowest BCUT2D eigenvalue weighted by molar-refractivity contribution is -0.114. The largest absolute Gasteiger partial charge is 0.493 e. The number of carbonyl (C=O) groups excluding carboxylic acids is 1. The van der Waals surface area contributed by atoms with Crippen LogP contribution in [-0.2, 0) is 14.6 Å². The first-order chi connectivity index (χ1) is 16.7. The summed E-state index contributed by atoms with van der Waals surface area (Å²) in [5, 5.41) is 13.8. The van der Waals surface area contributed by atoms with E-state index in [0.717, 1.165) is 23.0 Å². The molecule has 2 aromatic rings. The van der Waals surface area contributed by atoms with Crippen molar-refractivity contribution >= 4 is 60.6 Å². The number of para-hydroxylation sites is 1. The van der Waals surface area contributed by atoms with Gasteiger partial charge in [-0.3, -0.25) is 10.2 Å². The van der Waals surface area contributed by atoms with Crippen LogP contribution in [-0.4, -0.2) is 61.3 Å². The maximum atomic E-state index is 12.5. The van der Waals surface area contributed by atoms with Gasteiger partial charge in [0, 0.05) is 6.26 Å².